The number of hydrogen-bond acceptors (Lipinski definition) is 1. The third-order valence-electron chi connectivity index (χ3n) is 3.27. The Labute approximate surface area is 115 Å². The summed E-state index contributed by atoms with van der Waals surface area (Å²) in [5.41, 5.74) is 2.66. The van der Waals surface area contributed by atoms with Crippen molar-refractivity contribution in [2.24, 2.45) is 7.05 Å². The molecular weight excluding hydrogens is 234 g/mol. The van der Waals surface area contributed by atoms with Gasteiger partial charge in [-0.3, -0.25) is 0 Å². The topological polar surface area (TPSA) is 13.1 Å². The highest BCUT2D eigenvalue weighted by molar-refractivity contribution is 5.31. The van der Waals surface area contributed by atoms with Gasteiger partial charge in [0.1, 0.15) is 12.8 Å². The van der Waals surface area contributed by atoms with E-state index in [2.05, 4.69) is 43.5 Å². The highest BCUT2D eigenvalue weighted by atomic mass is 16.5. The van der Waals surface area contributed by atoms with Crippen molar-refractivity contribution in [2.75, 3.05) is 0 Å². The predicted octanol–water partition coefficient (Wildman–Crippen LogP) is 3.39. The molecule has 2 rings (SSSR count). The second kappa shape index (κ2) is 5.43. The number of aryl methyl sites for hydroxylation is 1. The number of rotatable bonds is 3. The molecule has 2 aromatic rings. The van der Waals surface area contributed by atoms with Gasteiger partial charge in [-0.1, -0.05) is 32.9 Å². The molecule has 19 heavy (non-hydrogen) atoms. The van der Waals surface area contributed by atoms with Crippen molar-refractivity contribution in [3.8, 4) is 5.75 Å². The largest absolute Gasteiger partial charge is 0.483 e. The van der Waals surface area contributed by atoms with Crippen LogP contribution in [0, 0.1) is 0 Å². The second-order valence-corrected chi connectivity index (χ2v) is 5.87. The Hall–Kier alpha value is -1.83. The van der Waals surface area contributed by atoms with Gasteiger partial charge in [0.2, 0.25) is 5.69 Å². The molecule has 0 unspecified atom stereocenters. The molecule has 0 saturated carbocycles. The number of benzene rings is 1. The van der Waals surface area contributed by atoms with Crippen molar-refractivity contribution in [3.63, 3.8) is 0 Å². The van der Waals surface area contributed by atoms with Crippen molar-refractivity contribution in [2.45, 2.75) is 32.8 Å². The van der Waals surface area contributed by atoms with Crippen LogP contribution in [0.3, 0.4) is 0 Å². The highest BCUT2D eigenvalue weighted by Gasteiger charge is 2.13. The average molecular weight is 256 g/mol. The molecule has 1 aromatic carbocycles. The Bertz CT molecular complexity index is 538. The molecule has 0 radical (unpaired) electrons. The van der Waals surface area contributed by atoms with Gasteiger partial charge in [-0.25, -0.2) is 4.57 Å². The Morgan fingerprint density at radius 1 is 1.00 bits per heavy atom. The standard InChI is InChI=1S/C17H22NO/c1-17(2,3)14-8-10-16(11-9-14)19-13-15-7-5-6-12-18(15)4/h5-12H,13H2,1-4H3/q+1. The minimum absolute atomic E-state index is 0.185. The van der Waals surface area contributed by atoms with Crippen molar-refractivity contribution in [3.05, 3.63) is 59.9 Å². The molecule has 0 aliphatic rings. The second-order valence-electron chi connectivity index (χ2n) is 5.87. The number of hydrogen-bond donors (Lipinski definition) is 0. The average Bonchev–Trinajstić information content (AvgIpc) is 2.37. The number of nitrogens with zero attached hydrogens (tertiary/aromatic N) is 1. The first kappa shape index (κ1) is 13.6. The Balaban J connectivity index is 2.03. The number of pyridine rings is 1. The minimum atomic E-state index is 0.185. The van der Waals surface area contributed by atoms with E-state index in [-0.39, 0.29) is 5.41 Å². The van der Waals surface area contributed by atoms with Crippen molar-refractivity contribution in [1.29, 1.82) is 0 Å². The molecule has 2 nitrogen and oxygen atoms in total. The zero-order valence-electron chi connectivity index (χ0n) is 12.2. The molecule has 0 saturated heterocycles. The van der Waals surface area contributed by atoms with E-state index < -0.39 is 0 Å². The first-order valence-electron chi connectivity index (χ1n) is 6.64. The Kier molecular flexibility index (Phi) is 3.89. The van der Waals surface area contributed by atoms with Crippen LogP contribution in [-0.2, 0) is 19.1 Å². The summed E-state index contributed by atoms with van der Waals surface area (Å²) in [6.07, 6.45) is 2.03. The molecule has 0 amide bonds. The van der Waals surface area contributed by atoms with Gasteiger partial charge in [0.15, 0.2) is 12.8 Å². The lowest BCUT2D eigenvalue weighted by atomic mass is 9.87. The molecule has 2 heteroatoms. The fourth-order valence-electron chi connectivity index (χ4n) is 1.92. The summed E-state index contributed by atoms with van der Waals surface area (Å²) in [4.78, 5) is 0. The van der Waals surface area contributed by atoms with Gasteiger partial charge in [0, 0.05) is 12.1 Å². The van der Waals surface area contributed by atoms with Gasteiger partial charge in [-0.2, -0.15) is 0 Å². The summed E-state index contributed by atoms with van der Waals surface area (Å²) in [5.74, 6) is 0.914. The Morgan fingerprint density at radius 3 is 2.26 bits per heavy atom. The van der Waals surface area contributed by atoms with Crippen LogP contribution in [-0.4, -0.2) is 0 Å². The van der Waals surface area contributed by atoms with Crippen molar-refractivity contribution >= 4 is 0 Å². The van der Waals surface area contributed by atoms with Crippen LogP contribution in [0.2, 0.25) is 0 Å². The molecule has 0 aliphatic carbocycles. The van der Waals surface area contributed by atoms with Crippen LogP contribution >= 0.6 is 0 Å². The van der Waals surface area contributed by atoms with Gasteiger partial charge < -0.3 is 4.74 Å². The fraction of sp³-hybridized carbons (Fsp3) is 0.353. The van der Waals surface area contributed by atoms with Gasteiger partial charge in [0.25, 0.3) is 0 Å². The molecule has 0 aliphatic heterocycles. The molecule has 1 heterocycles. The lowest BCUT2D eigenvalue weighted by Gasteiger charge is -2.19. The van der Waals surface area contributed by atoms with E-state index in [9.17, 15) is 0 Å². The fourth-order valence-corrected chi connectivity index (χ4v) is 1.92. The summed E-state index contributed by atoms with van der Waals surface area (Å²) >= 11 is 0. The molecule has 1 aromatic heterocycles. The SMILES string of the molecule is C[n+]1ccccc1COc1ccc(C(C)(C)C)cc1. The predicted molar refractivity (Wildman–Crippen MR) is 77.1 cm³/mol. The van der Waals surface area contributed by atoms with Gasteiger partial charge in [0.05, 0.1) is 0 Å². The molecule has 0 N–H and O–H groups in total. The zero-order chi connectivity index (χ0) is 13.9. The van der Waals surface area contributed by atoms with E-state index in [4.69, 9.17) is 4.74 Å². The van der Waals surface area contributed by atoms with Crippen LogP contribution in [0.1, 0.15) is 32.0 Å². The normalized spacial score (nSPS) is 11.4. The number of aromatic nitrogens is 1. The molecule has 0 fully saturated rings. The summed E-state index contributed by atoms with van der Waals surface area (Å²) in [6, 6.07) is 14.5. The maximum Gasteiger partial charge on any atom is 0.219 e. The monoisotopic (exact) mass is 256 g/mol. The van der Waals surface area contributed by atoms with Crippen LogP contribution in [0.4, 0.5) is 0 Å². The van der Waals surface area contributed by atoms with E-state index in [0.29, 0.717) is 6.61 Å². The summed E-state index contributed by atoms with van der Waals surface area (Å²) in [7, 11) is 2.03. The van der Waals surface area contributed by atoms with E-state index in [1.165, 1.54) is 5.56 Å². The lowest BCUT2D eigenvalue weighted by molar-refractivity contribution is -0.680. The first-order valence-corrected chi connectivity index (χ1v) is 6.64. The summed E-state index contributed by atoms with van der Waals surface area (Å²) in [6.45, 7) is 7.23. The van der Waals surface area contributed by atoms with Gasteiger partial charge in [-0.05, 0) is 29.2 Å². The molecule has 100 valence electrons. The maximum atomic E-state index is 5.82. The van der Waals surface area contributed by atoms with Crippen LogP contribution < -0.4 is 9.30 Å². The van der Waals surface area contributed by atoms with Crippen molar-refractivity contribution in [1.82, 2.24) is 0 Å². The maximum absolute atomic E-state index is 5.82. The van der Waals surface area contributed by atoms with E-state index in [1.54, 1.807) is 0 Å². The molecule has 0 spiro atoms. The van der Waals surface area contributed by atoms with Gasteiger partial charge >= 0.3 is 0 Å². The van der Waals surface area contributed by atoms with E-state index >= 15 is 0 Å². The van der Waals surface area contributed by atoms with Gasteiger partial charge in [-0.15, -0.1) is 0 Å². The Morgan fingerprint density at radius 2 is 1.68 bits per heavy atom. The van der Waals surface area contributed by atoms with Crippen LogP contribution in [0.15, 0.2) is 48.7 Å². The lowest BCUT2D eigenvalue weighted by Crippen LogP contribution is -2.33. The van der Waals surface area contributed by atoms with E-state index in [1.807, 2.05) is 37.5 Å². The third kappa shape index (κ3) is 3.57. The van der Waals surface area contributed by atoms with Crippen LogP contribution in [0.25, 0.3) is 0 Å². The van der Waals surface area contributed by atoms with E-state index in [0.717, 1.165) is 11.4 Å². The highest BCUT2D eigenvalue weighted by Crippen LogP contribution is 2.24. The smallest absolute Gasteiger partial charge is 0.219 e. The van der Waals surface area contributed by atoms with Crippen molar-refractivity contribution < 1.29 is 9.30 Å². The molecular formula is C17H22NO+. The third-order valence-corrected chi connectivity index (χ3v) is 3.27. The quantitative estimate of drug-likeness (QED) is 0.767. The van der Waals surface area contributed by atoms with Crippen LogP contribution in [0.5, 0.6) is 5.75 Å². The summed E-state index contributed by atoms with van der Waals surface area (Å²) in [5, 5.41) is 0. The molecule has 0 bridgehead atoms. The minimum Gasteiger partial charge on any atom is -0.483 e. The zero-order valence-corrected chi connectivity index (χ0v) is 12.2. The summed E-state index contributed by atoms with van der Waals surface area (Å²) < 4.78 is 7.89. The number of ether oxygens (including phenoxy) is 1. The molecule has 0 atom stereocenters. The first-order chi connectivity index (χ1) is 8.97.